The molecule has 1 aromatic carbocycles. The Morgan fingerprint density at radius 2 is 1.80 bits per heavy atom. The number of nitrogens with zero attached hydrogens (tertiary/aromatic N) is 2. The number of nitrogens with one attached hydrogen (secondary N) is 1. The van der Waals surface area contributed by atoms with E-state index in [1.165, 1.54) is 0 Å². The SMILES string of the molecule is COc1cc(OC)cc(C2=CCC(C)(c3ncc(N(C)C)[nH]3)C=C2)c1. The van der Waals surface area contributed by atoms with Crippen LogP contribution in [0, 0.1) is 0 Å². The predicted octanol–water partition coefficient (Wildman–Crippen LogP) is 3.79. The van der Waals surface area contributed by atoms with Crippen LogP contribution in [0.5, 0.6) is 11.5 Å². The van der Waals surface area contributed by atoms with Crippen molar-refractivity contribution in [2.45, 2.75) is 18.8 Å². The molecule has 1 N–H and O–H groups in total. The van der Waals surface area contributed by atoms with E-state index in [2.05, 4.69) is 35.1 Å². The van der Waals surface area contributed by atoms with E-state index >= 15 is 0 Å². The molecule has 5 nitrogen and oxygen atoms in total. The van der Waals surface area contributed by atoms with E-state index in [4.69, 9.17) is 9.47 Å². The first-order valence-corrected chi connectivity index (χ1v) is 8.31. The van der Waals surface area contributed by atoms with Crippen LogP contribution in [0.15, 0.2) is 42.6 Å². The highest BCUT2D eigenvalue weighted by Gasteiger charge is 2.28. The fraction of sp³-hybridized carbons (Fsp3) is 0.350. The minimum Gasteiger partial charge on any atom is -0.497 e. The monoisotopic (exact) mass is 339 g/mol. The summed E-state index contributed by atoms with van der Waals surface area (Å²) < 4.78 is 10.7. The first-order chi connectivity index (χ1) is 11.9. The Labute approximate surface area is 149 Å². The lowest BCUT2D eigenvalue weighted by atomic mass is 9.80. The van der Waals surface area contributed by atoms with Gasteiger partial charge in [-0.1, -0.05) is 18.2 Å². The molecule has 0 amide bonds. The quantitative estimate of drug-likeness (QED) is 0.900. The van der Waals surface area contributed by atoms with Crippen molar-refractivity contribution in [3.8, 4) is 11.5 Å². The van der Waals surface area contributed by atoms with E-state index in [1.54, 1.807) is 14.2 Å². The number of allylic oxidation sites excluding steroid dienone is 4. The van der Waals surface area contributed by atoms with Crippen molar-refractivity contribution in [2.24, 2.45) is 0 Å². The molecule has 1 heterocycles. The number of ether oxygens (including phenoxy) is 2. The van der Waals surface area contributed by atoms with Crippen LogP contribution in [0.3, 0.4) is 0 Å². The van der Waals surface area contributed by atoms with Crippen LogP contribution in [0.25, 0.3) is 5.57 Å². The molecule has 0 saturated carbocycles. The number of rotatable bonds is 5. The normalized spacial score (nSPS) is 19.5. The Bertz CT molecular complexity index is 798. The fourth-order valence-corrected chi connectivity index (χ4v) is 2.92. The highest BCUT2D eigenvalue weighted by molar-refractivity contribution is 5.77. The molecule has 0 saturated heterocycles. The molecule has 1 atom stereocenters. The maximum absolute atomic E-state index is 5.37. The molecule has 25 heavy (non-hydrogen) atoms. The van der Waals surface area contributed by atoms with Crippen molar-refractivity contribution in [2.75, 3.05) is 33.2 Å². The van der Waals surface area contributed by atoms with Gasteiger partial charge in [0.15, 0.2) is 0 Å². The summed E-state index contributed by atoms with van der Waals surface area (Å²) in [6.45, 7) is 2.20. The highest BCUT2D eigenvalue weighted by Crippen LogP contribution is 2.36. The molecule has 0 aliphatic heterocycles. The van der Waals surface area contributed by atoms with Gasteiger partial charge in [0, 0.05) is 25.6 Å². The Balaban J connectivity index is 1.86. The minimum absolute atomic E-state index is 0.138. The zero-order valence-electron chi connectivity index (χ0n) is 15.5. The molecule has 1 aliphatic carbocycles. The number of hydrogen-bond acceptors (Lipinski definition) is 4. The summed E-state index contributed by atoms with van der Waals surface area (Å²) in [5.74, 6) is 3.57. The van der Waals surface area contributed by atoms with E-state index in [-0.39, 0.29) is 5.41 Å². The molecule has 0 spiro atoms. The van der Waals surface area contributed by atoms with Gasteiger partial charge in [0.05, 0.1) is 20.4 Å². The summed E-state index contributed by atoms with van der Waals surface area (Å²) in [5, 5.41) is 0. The fourth-order valence-electron chi connectivity index (χ4n) is 2.92. The van der Waals surface area contributed by atoms with Crippen LogP contribution in [0.4, 0.5) is 5.82 Å². The molecule has 3 rings (SSSR count). The van der Waals surface area contributed by atoms with Gasteiger partial charge in [0.25, 0.3) is 0 Å². The predicted molar refractivity (Wildman–Crippen MR) is 102 cm³/mol. The molecule has 5 heteroatoms. The summed E-state index contributed by atoms with van der Waals surface area (Å²) >= 11 is 0. The van der Waals surface area contributed by atoms with Crippen LogP contribution in [0.1, 0.15) is 24.7 Å². The Morgan fingerprint density at radius 1 is 1.12 bits per heavy atom. The Hall–Kier alpha value is -2.69. The number of methoxy groups -OCH3 is 2. The van der Waals surface area contributed by atoms with Crippen molar-refractivity contribution < 1.29 is 9.47 Å². The van der Waals surface area contributed by atoms with Gasteiger partial charge in [-0.3, -0.25) is 0 Å². The first-order valence-electron chi connectivity index (χ1n) is 8.31. The number of benzene rings is 1. The zero-order valence-corrected chi connectivity index (χ0v) is 15.5. The van der Waals surface area contributed by atoms with Crippen molar-refractivity contribution in [3.05, 3.63) is 54.0 Å². The van der Waals surface area contributed by atoms with Crippen molar-refractivity contribution in [3.63, 3.8) is 0 Å². The maximum atomic E-state index is 5.37. The van der Waals surface area contributed by atoms with Crippen molar-refractivity contribution in [1.82, 2.24) is 9.97 Å². The number of hydrogen-bond donors (Lipinski definition) is 1. The molecular formula is C20H25N3O2. The van der Waals surface area contributed by atoms with Crippen LogP contribution in [-0.4, -0.2) is 38.3 Å². The average Bonchev–Trinajstić information content (AvgIpc) is 3.13. The van der Waals surface area contributed by atoms with E-state index in [1.807, 2.05) is 43.4 Å². The molecule has 2 aromatic rings. The number of aromatic amines is 1. The van der Waals surface area contributed by atoms with Gasteiger partial charge in [-0.2, -0.15) is 0 Å². The Kier molecular flexibility index (Phi) is 4.57. The second kappa shape index (κ2) is 6.67. The van der Waals surface area contributed by atoms with Crippen LogP contribution in [0.2, 0.25) is 0 Å². The second-order valence-electron chi connectivity index (χ2n) is 6.73. The zero-order chi connectivity index (χ0) is 18.0. The molecule has 1 aliphatic rings. The van der Waals surface area contributed by atoms with Gasteiger partial charge >= 0.3 is 0 Å². The van der Waals surface area contributed by atoms with E-state index < -0.39 is 0 Å². The molecule has 0 radical (unpaired) electrons. The molecular weight excluding hydrogens is 314 g/mol. The lowest BCUT2D eigenvalue weighted by Gasteiger charge is -2.26. The molecule has 0 fully saturated rings. The van der Waals surface area contributed by atoms with Crippen molar-refractivity contribution >= 4 is 11.4 Å². The van der Waals surface area contributed by atoms with E-state index in [0.29, 0.717) is 0 Å². The van der Waals surface area contributed by atoms with Gasteiger partial charge in [0.1, 0.15) is 23.1 Å². The maximum Gasteiger partial charge on any atom is 0.125 e. The lowest BCUT2D eigenvalue weighted by Crippen LogP contribution is -2.22. The van der Waals surface area contributed by atoms with Crippen molar-refractivity contribution in [1.29, 1.82) is 0 Å². The number of imidazole rings is 1. The van der Waals surface area contributed by atoms with Crippen LogP contribution >= 0.6 is 0 Å². The standard InChI is InChI=1S/C20H25N3O2/c1-20(19-21-13-18(22-19)23(2)3)8-6-14(7-9-20)15-10-16(24-4)12-17(11-15)25-5/h6-8,10-13H,9H2,1-5H3,(H,21,22). The van der Waals surface area contributed by atoms with Gasteiger partial charge in [-0.05, 0) is 36.6 Å². The van der Waals surface area contributed by atoms with Gasteiger partial charge in [-0.25, -0.2) is 4.98 Å². The first kappa shape index (κ1) is 17.1. The van der Waals surface area contributed by atoms with E-state index in [0.717, 1.165) is 40.7 Å². The summed E-state index contributed by atoms with van der Waals surface area (Å²) in [4.78, 5) is 10.00. The van der Waals surface area contributed by atoms with E-state index in [9.17, 15) is 0 Å². The number of aromatic nitrogens is 2. The Morgan fingerprint density at radius 3 is 2.28 bits per heavy atom. The van der Waals surface area contributed by atoms with Gasteiger partial charge in [-0.15, -0.1) is 0 Å². The molecule has 132 valence electrons. The third-order valence-electron chi connectivity index (χ3n) is 4.65. The molecule has 1 aromatic heterocycles. The van der Waals surface area contributed by atoms with Crippen LogP contribution in [-0.2, 0) is 5.41 Å². The molecule has 1 unspecified atom stereocenters. The third-order valence-corrected chi connectivity index (χ3v) is 4.65. The van der Waals surface area contributed by atoms with Crippen LogP contribution < -0.4 is 14.4 Å². The summed E-state index contributed by atoms with van der Waals surface area (Å²) in [6, 6.07) is 5.93. The summed E-state index contributed by atoms with van der Waals surface area (Å²) in [5.41, 5.74) is 2.11. The molecule has 0 bridgehead atoms. The third kappa shape index (κ3) is 3.40. The topological polar surface area (TPSA) is 50.4 Å². The summed E-state index contributed by atoms with van der Waals surface area (Å²) in [6.07, 6.45) is 9.35. The smallest absolute Gasteiger partial charge is 0.125 e. The second-order valence-corrected chi connectivity index (χ2v) is 6.73. The largest absolute Gasteiger partial charge is 0.497 e. The minimum atomic E-state index is -0.138. The highest BCUT2D eigenvalue weighted by atomic mass is 16.5. The summed E-state index contributed by atoms with van der Waals surface area (Å²) in [7, 11) is 7.34. The van der Waals surface area contributed by atoms with Gasteiger partial charge < -0.3 is 19.4 Å². The number of anilines is 1. The average molecular weight is 339 g/mol. The lowest BCUT2D eigenvalue weighted by molar-refractivity contribution is 0.394. The number of H-pyrrole nitrogens is 1. The van der Waals surface area contributed by atoms with Gasteiger partial charge in [0.2, 0.25) is 0 Å².